The molecule has 1 fully saturated rings. The smallest absolute Gasteiger partial charge is 0.0406 e. The van der Waals surface area contributed by atoms with Crippen LogP contribution in [0, 0.1) is 11.3 Å². The minimum Gasteiger partial charge on any atom is -0.316 e. The van der Waals surface area contributed by atoms with Gasteiger partial charge in [0.2, 0.25) is 0 Å². The highest BCUT2D eigenvalue weighted by atomic mass is 35.5. The van der Waals surface area contributed by atoms with Crippen molar-refractivity contribution < 1.29 is 0 Å². The van der Waals surface area contributed by atoms with Crippen LogP contribution in [0.15, 0.2) is 29.2 Å². The van der Waals surface area contributed by atoms with E-state index in [1.165, 1.54) is 30.6 Å². The normalized spacial score (nSPS) is 26.8. The van der Waals surface area contributed by atoms with Crippen molar-refractivity contribution in [3.05, 3.63) is 29.3 Å². The second-order valence-corrected chi connectivity index (χ2v) is 8.61. The van der Waals surface area contributed by atoms with E-state index in [4.69, 9.17) is 11.6 Å². The summed E-state index contributed by atoms with van der Waals surface area (Å²) in [5.41, 5.74) is 0.456. The van der Waals surface area contributed by atoms with Crippen LogP contribution >= 0.6 is 23.4 Å². The highest BCUT2D eigenvalue weighted by Gasteiger charge is 2.37. The number of hydrogen-bond acceptors (Lipinski definition) is 2. The predicted octanol–water partition coefficient (Wildman–Crippen LogP) is 5.63. The summed E-state index contributed by atoms with van der Waals surface area (Å²) in [7, 11) is 2.10. The number of benzene rings is 1. The van der Waals surface area contributed by atoms with E-state index in [1.807, 2.05) is 23.9 Å². The molecule has 3 heteroatoms. The summed E-state index contributed by atoms with van der Waals surface area (Å²) in [6, 6.07) is 8.90. The third kappa shape index (κ3) is 4.40. The molecule has 1 aromatic rings. The number of rotatable bonds is 5. The predicted molar refractivity (Wildman–Crippen MR) is 95.4 cm³/mol. The Morgan fingerprint density at radius 3 is 2.48 bits per heavy atom. The van der Waals surface area contributed by atoms with Gasteiger partial charge < -0.3 is 5.32 Å². The monoisotopic (exact) mass is 325 g/mol. The van der Waals surface area contributed by atoms with Crippen LogP contribution in [0.1, 0.15) is 46.5 Å². The molecule has 0 aliphatic heterocycles. The van der Waals surface area contributed by atoms with Crippen LogP contribution in [0.25, 0.3) is 0 Å². The first-order valence-corrected chi connectivity index (χ1v) is 9.31. The van der Waals surface area contributed by atoms with Gasteiger partial charge in [0.05, 0.1) is 0 Å². The van der Waals surface area contributed by atoms with E-state index in [0.717, 1.165) is 10.9 Å². The maximum Gasteiger partial charge on any atom is 0.0406 e. The summed E-state index contributed by atoms with van der Waals surface area (Å²) in [4.78, 5) is 1.33. The van der Waals surface area contributed by atoms with Gasteiger partial charge in [-0.05, 0) is 61.9 Å². The van der Waals surface area contributed by atoms with Crippen molar-refractivity contribution in [2.45, 2.75) is 62.6 Å². The molecule has 1 saturated carbocycles. The van der Waals surface area contributed by atoms with Crippen LogP contribution in [0.5, 0.6) is 0 Å². The maximum atomic E-state index is 5.99. The fourth-order valence-electron chi connectivity index (χ4n) is 3.28. The number of halogens is 1. The first-order chi connectivity index (χ1) is 9.96. The summed E-state index contributed by atoms with van der Waals surface area (Å²) >= 11 is 8.01. The number of nitrogens with one attached hydrogen (secondary N) is 1. The Bertz CT molecular complexity index is 443. The molecule has 1 aliphatic rings. The van der Waals surface area contributed by atoms with E-state index in [9.17, 15) is 0 Å². The number of hydrogen-bond donors (Lipinski definition) is 1. The standard InChI is InChI=1S/C18H28ClNS/c1-5-18(2,3)13-6-11-16(20-4)17(12-13)21-15-9-7-14(19)8-10-15/h7-10,13,16-17,20H,5-6,11-12H2,1-4H3. The molecule has 0 spiro atoms. The van der Waals surface area contributed by atoms with Gasteiger partial charge in [-0.25, -0.2) is 0 Å². The topological polar surface area (TPSA) is 12.0 Å². The summed E-state index contributed by atoms with van der Waals surface area (Å²) in [5, 5.41) is 5.00. The largest absolute Gasteiger partial charge is 0.316 e. The highest BCUT2D eigenvalue weighted by molar-refractivity contribution is 8.00. The van der Waals surface area contributed by atoms with Gasteiger partial charge in [-0.3, -0.25) is 0 Å². The lowest BCUT2D eigenvalue weighted by Crippen LogP contribution is -2.43. The van der Waals surface area contributed by atoms with Gasteiger partial charge in [-0.1, -0.05) is 38.8 Å². The molecule has 1 nitrogen and oxygen atoms in total. The molecule has 0 aromatic heterocycles. The van der Waals surface area contributed by atoms with Crippen molar-refractivity contribution in [1.82, 2.24) is 5.32 Å². The molecule has 1 N–H and O–H groups in total. The van der Waals surface area contributed by atoms with E-state index >= 15 is 0 Å². The SMILES string of the molecule is CCC(C)(C)C1CCC(NC)C(Sc2ccc(Cl)cc2)C1. The summed E-state index contributed by atoms with van der Waals surface area (Å²) in [5.74, 6) is 0.830. The molecule has 118 valence electrons. The molecule has 0 bridgehead atoms. The van der Waals surface area contributed by atoms with E-state index in [0.29, 0.717) is 16.7 Å². The van der Waals surface area contributed by atoms with Crippen molar-refractivity contribution in [1.29, 1.82) is 0 Å². The van der Waals surface area contributed by atoms with Crippen LogP contribution in [-0.4, -0.2) is 18.3 Å². The lowest BCUT2D eigenvalue weighted by molar-refractivity contribution is 0.142. The zero-order chi connectivity index (χ0) is 15.5. The minimum absolute atomic E-state index is 0.456. The summed E-state index contributed by atoms with van der Waals surface area (Å²) in [6.07, 6.45) is 5.21. The fourth-order valence-corrected chi connectivity index (χ4v) is 4.81. The molecule has 2 rings (SSSR count). The molecule has 21 heavy (non-hydrogen) atoms. The van der Waals surface area contributed by atoms with Crippen LogP contribution in [0.3, 0.4) is 0 Å². The van der Waals surface area contributed by atoms with Gasteiger partial charge in [0.25, 0.3) is 0 Å². The summed E-state index contributed by atoms with van der Waals surface area (Å²) in [6.45, 7) is 7.19. The molecular weight excluding hydrogens is 298 g/mol. The average Bonchev–Trinajstić information content (AvgIpc) is 2.49. The van der Waals surface area contributed by atoms with Crippen molar-refractivity contribution in [3.8, 4) is 0 Å². The maximum absolute atomic E-state index is 5.99. The van der Waals surface area contributed by atoms with Gasteiger partial charge in [0, 0.05) is 21.2 Å². The second kappa shape index (κ2) is 7.39. The van der Waals surface area contributed by atoms with E-state index in [2.05, 4.69) is 45.3 Å². The third-order valence-electron chi connectivity index (χ3n) is 5.28. The third-order valence-corrected chi connectivity index (χ3v) is 6.90. The Morgan fingerprint density at radius 2 is 1.90 bits per heavy atom. The fraction of sp³-hybridized carbons (Fsp3) is 0.667. The van der Waals surface area contributed by atoms with Crippen molar-refractivity contribution in [2.24, 2.45) is 11.3 Å². The highest BCUT2D eigenvalue weighted by Crippen LogP contribution is 2.45. The molecule has 0 saturated heterocycles. The van der Waals surface area contributed by atoms with Gasteiger partial charge >= 0.3 is 0 Å². The summed E-state index contributed by atoms with van der Waals surface area (Å²) < 4.78 is 0. The molecule has 3 atom stereocenters. The van der Waals surface area contributed by atoms with Gasteiger partial charge in [0.15, 0.2) is 0 Å². The van der Waals surface area contributed by atoms with E-state index in [1.54, 1.807) is 0 Å². The molecule has 3 unspecified atom stereocenters. The zero-order valence-electron chi connectivity index (χ0n) is 13.7. The average molecular weight is 326 g/mol. The van der Waals surface area contributed by atoms with Crippen molar-refractivity contribution in [3.63, 3.8) is 0 Å². The minimum atomic E-state index is 0.456. The van der Waals surface area contributed by atoms with E-state index < -0.39 is 0 Å². The van der Waals surface area contributed by atoms with Crippen LogP contribution in [0.4, 0.5) is 0 Å². The first kappa shape index (κ1) is 17.2. The van der Waals surface area contributed by atoms with Crippen molar-refractivity contribution in [2.75, 3.05) is 7.05 Å². The Kier molecular flexibility index (Phi) is 6.05. The Balaban J connectivity index is 2.08. The molecule has 1 aromatic carbocycles. The van der Waals surface area contributed by atoms with Crippen molar-refractivity contribution >= 4 is 23.4 Å². The Hall–Kier alpha value is -0.180. The molecular formula is C18H28ClNS. The van der Waals surface area contributed by atoms with Crippen LogP contribution < -0.4 is 5.32 Å². The second-order valence-electron chi connectivity index (χ2n) is 6.86. The lowest BCUT2D eigenvalue weighted by Gasteiger charge is -2.43. The van der Waals surface area contributed by atoms with Gasteiger partial charge in [-0.2, -0.15) is 0 Å². The molecule has 1 aliphatic carbocycles. The lowest BCUT2D eigenvalue weighted by atomic mass is 9.68. The quantitative estimate of drug-likeness (QED) is 0.753. The van der Waals surface area contributed by atoms with Gasteiger partial charge in [-0.15, -0.1) is 11.8 Å². The molecule has 0 amide bonds. The van der Waals surface area contributed by atoms with Crippen LogP contribution in [-0.2, 0) is 0 Å². The molecule has 0 heterocycles. The zero-order valence-corrected chi connectivity index (χ0v) is 15.2. The van der Waals surface area contributed by atoms with E-state index in [-0.39, 0.29) is 0 Å². The molecule has 0 radical (unpaired) electrons. The van der Waals surface area contributed by atoms with Gasteiger partial charge in [0.1, 0.15) is 0 Å². The Morgan fingerprint density at radius 1 is 1.24 bits per heavy atom. The Labute approximate surface area is 139 Å². The first-order valence-electron chi connectivity index (χ1n) is 8.05. The number of thioether (sulfide) groups is 1. The van der Waals surface area contributed by atoms with Crippen LogP contribution in [0.2, 0.25) is 5.02 Å².